The Hall–Kier alpha value is -0.570. The van der Waals surface area contributed by atoms with Crippen molar-refractivity contribution < 1.29 is 0 Å². The second-order valence-corrected chi connectivity index (χ2v) is 2.24. The van der Waals surface area contributed by atoms with Gasteiger partial charge in [-0.2, -0.15) is 0 Å². The molecule has 0 aromatic rings. The number of halogens is 1. The molecule has 0 aliphatic heterocycles. The van der Waals surface area contributed by atoms with Gasteiger partial charge in [0.15, 0.2) is 0 Å². The fraction of sp³-hybridized carbons (Fsp3) is 0.600. The minimum absolute atomic E-state index is 0.229. The minimum Gasteiger partial charge on any atom is -0.387 e. The van der Waals surface area contributed by atoms with Gasteiger partial charge in [-0.3, -0.25) is 4.99 Å². The van der Waals surface area contributed by atoms with Gasteiger partial charge in [-0.25, -0.2) is 4.99 Å². The lowest BCUT2D eigenvalue weighted by molar-refractivity contribution is 1.03. The summed E-state index contributed by atoms with van der Waals surface area (Å²) in [7, 11) is 0. The van der Waals surface area contributed by atoms with Gasteiger partial charge in [0.1, 0.15) is 11.8 Å². The third-order valence-corrected chi connectivity index (χ3v) is 0.646. The van der Waals surface area contributed by atoms with Gasteiger partial charge in [-0.05, 0) is 13.8 Å². The van der Waals surface area contributed by atoms with Crippen molar-refractivity contribution in [3.05, 3.63) is 0 Å². The van der Waals surface area contributed by atoms with Crippen molar-refractivity contribution in [1.82, 2.24) is 0 Å². The maximum atomic E-state index is 5.45. The number of nitrogens with two attached hydrogens (primary N) is 1. The van der Waals surface area contributed by atoms with Crippen LogP contribution < -0.4 is 5.73 Å². The van der Waals surface area contributed by atoms with Crippen LogP contribution in [-0.4, -0.2) is 17.7 Å². The highest BCUT2D eigenvalue weighted by Crippen LogP contribution is 1.91. The molecule has 0 saturated carbocycles. The first-order chi connectivity index (χ1) is 4.13. The Bertz CT molecular complexity index is 124. The van der Waals surface area contributed by atoms with Gasteiger partial charge < -0.3 is 5.73 Å². The summed E-state index contributed by atoms with van der Waals surface area (Å²) >= 11 is 5.45. The highest BCUT2D eigenvalue weighted by Gasteiger charge is 1.83. The molecular weight excluding hydrogens is 138 g/mol. The quantitative estimate of drug-likeness (QED) is 0.269. The maximum absolute atomic E-state index is 5.45. The van der Waals surface area contributed by atoms with Crippen molar-refractivity contribution >= 4 is 23.8 Å². The molecule has 1 unspecified atom stereocenters. The molecule has 0 radical (unpaired) electrons. The molecule has 9 heavy (non-hydrogen) atoms. The van der Waals surface area contributed by atoms with E-state index < -0.39 is 0 Å². The molecule has 0 aliphatic rings. The van der Waals surface area contributed by atoms with Gasteiger partial charge in [-0.1, -0.05) is 11.6 Å². The van der Waals surface area contributed by atoms with E-state index in [9.17, 15) is 0 Å². The monoisotopic (exact) mass is 147 g/mol. The van der Waals surface area contributed by atoms with Crippen molar-refractivity contribution in [1.29, 1.82) is 0 Å². The van der Waals surface area contributed by atoms with Gasteiger partial charge in [0.05, 0.1) is 5.84 Å². The molecular formula is C5H10ClN3. The van der Waals surface area contributed by atoms with Crippen LogP contribution >= 0.6 is 11.6 Å². The number of hydrogen-bond donors (Lipinski definition) is 1. The SMILES string of the molecule is CC(N)=NC=NC(C)Cl. The second-order valence-electron chi connectivity index (χ2n) is 1.61. The molecule has 0 amide bonds. The number of alkyl halides is 1. The predicted octanol–water partition coefficient (Wildman–Crippen LogP) is 0.977. The summed E-state index contributed by atoms with van der Waals surface area (Å²) < 4.78 is 0. The van der Waals surface area contributed by atoms with Crippen LogP contribution in [0.3, 0.4) is 0 Å². The Labute approximate surface area is 59.6 Å². The van der Waals surface area contributed by atoms with Crippen LogP contribution in [0.4, 0.5) is 0 Å². The molecule has 0 spiro atoms. The first-order valence-corrected chi connectivity index (χ1v) is 3.02. The lowest BCUT2D eigenvalue weighted by Crippen LogP contribution is -2.04. The number of aliphatic imine (C=N–C) groups is 2. The maximum Gasteiger partial charge on any atom is 0.122 e. The summed E-state index contributed by atoms with van der Waals surface area (Å²) in [6, 6.07) is 0. The van der Waals surface area contributed by atoms with Crippen molar-refractivity contribution in [3.8, 4) is 0 Å². The largest absolute Gasteiger partial charge is 0.387 e. The molecule has 2 N–H and O–H groups in total. The lowest BCUT2D eigenvalue weighted by Gasteiger charge is -1.88. The van der Waals surface area contributed by atoms with E-state index in [1.54, 1.807) is 13.8 Å². The molecule has 0 bridgehead atoms. The fourth-order valence-corrected chi connectivity index (χ4v) is 0.267. The summed E-state index contributed by atoms with van der Waals surface area (Å²) in [6.07, 6.45) is 1.35. The Kier molecular flexibility index (Phi) is 4.05. The van der Waals surface area contributed by atoms with Crippen molar-refractivity contribution in [2.45, 2.75) is 19.3 Å². The summed E-state index contributed by atoms with van der Waals surface area (Å²) in [4.78, 5) is 7.42. The van der Waals surface area contributed by atoms with E-state index in [4.69, 9.17) is 17.3 Å². The topological polar surface area (TPSA) is 50.7 Å². The molecule has 0 aromatic carbocycles. The molecule has 52 valence electrons. The summed E-state index contributed by atoms with van der Waals surface area (Å²) in [5.74, 6) is 0.482. The van der Waals surface area contributed by atoms with Crippen LogP contribution in [0.5, 0.6) is 0 Å². The first-order valence-electron chi connectivity index (χ1n) is 2.58. The molecule has 3 nitrogen and oxygen atoms in total. The number of nitrogens with zero attached hydrogens (tertiary/aromatic N) is 2. The van der Waals surface area contributed by atoms with Crippen molar-refractivity contribution in [2.75, 3.05) is 0 Å². The molecule has 0 saturated heterocycles. The van der Waals surface area contributed by atoms with E-state index in [-0.39, 0.29) is 5.50 Å². The van der Waals surface area contributed by atoms with E-state index >= 15 is 0 Å². The molecule has 0 aliphatic carbocycles. The Morgan fingerprint density at radius 3 is 2.67 bits per heavy atom. The third-order valence-electron chi connectivity index (χ3n) is 0.533. The van der Waals surface area contributed by atoms with Crippen LogP contribution in [0, 0.1) is 0 Å². The molecule has 1 atom stereocenters. The summed E-state index contributed by atoms with van der Waals surface area (Å²) in [6.45, 7) is 3.43. The highest BCUT2D eigenvalue weighted by molar-refractivity contribution is 6.20. The predicted molar refractivity (Wildman–Crippen MR) is 41.1 cm³/mol. The average Bonchev–Trinajstić information content (AvgIpc) is 1.63. The number of amidine groups is 1. The van der Waals surface area contributed by atoms with Gasteiger partial charge >= 0.3 is 0 Å². The zero-order valence-electron chi connectivity index (χ0n) is 5.50. The minimum atomic E-state index is -0.229. The average molecular weight is 148 g/mol. The third kappa shape index (κ3) is 7.43. The fourth-order valence-electron chi connectivity index (χ4n) is 0.216. The summed E-state index contributed by atoms with van der Waals surface area (Å²) in [5.41, 5.74) is 4.97. The molecule has 0 heterocycles. The zero-order chi connectivity index (χ0) is 7.28. The van der Waals surface area contributed by atoms with Crippen molar-refractivity contribution in [2.24, 2.45) is 15.7 Å². The summed E-state index contributed by atoms with van der Waals surface area (Å²) in [5, 5.41) is 0. The standard InChI is InChI=1S/C5H10ClN3/c1-4(6)8-3-9-5(2)7/h3-4H,1-2H3,(H2,7,8,9). The van der Waals surface area contributed by atoms with E-state index in [1.165, 1.54) is 6.34 Å². The lowest BCUT2D eigenvalue weighted by atomic mass is 10.7. The number of hydrogen-bond acceptors (Lipinski definition) is 1. The highest BCUT2D eigenvalue weighted by atomic mass is 35.5. The van der Waals surface area contributed by atoms with E-state index in [1.807, 2.05) is 0 Å². The second kappa shape index (κ2) is 4.32. The van der Waals surface area contributed by atoms with E-state index in [0.29, 0.717) is 5.84 Å². The number of rotatable bonds is 2. The Morgan fingerprint density at radius 1 is 1.78 bits per heavy atom. The van der Waals surface area contributed by atoms with Gasteiger partial charge in [0, 0.05) is 0 Å². The zero-order valence-corrected chi connectivity index (χ0v) is 6.26. The molecule has 0 fully saturated rings. The van der Waals surface area contributed by atoms with E-state index in [2.05, 4.69) is 9.98 Å². The Balaban J connectivity index is 3.60. The van der Waals surface area contributed by atoms with Crippen LogP contribution in [0.1, 0.15) is 13.8 Å². The molecule has 0 rings (SSSR count). The van der Waals surface area contributed by atoms with Crippen LogP contribution in [-0.2, 0) is 0 Å². The molecule has 4 heteroatoms. The smallest absolute Gasteiger partial charge is 0.122 e. The first kappa shape index (κ1) is 8.43. The van der Waals surface area contributed by atoms with Crippen molar-refractivity contribution in [3.63, 3.8) is 0 Å². The molecule has 0 aromatic heterocycles. The Morgan fingerprint density at radius 2 is 2.33 bits per heavy atom. The normalized spacial score (nSPS) is 16.6. The van der Waals surface area contributed by atoms with Gasteiger partial charge in [0.2, 0.25) is 0 Å². The van der Waals surface area contributed by atoms with Crippen LogP contribution in [0.2, 0.25) is 0 Å². The van der Waals surface area contributed by atoms with Gasteiger partial charge in [0.25, 0.3) is 0 Å². The van der Waals surface area contributed by atoms with Crippen LogP contribution in [0.15, 0.2) is 9.98 Å². The van der Waals surface area contributed by atoms with Crippen LogP contribution in [0.25, 0.3) is 0 Å². The van der Waals surface area contributed by atoms with Gasteiger partial charge in [-0.15, -0.1) is 0 Å². The van der Waals surface area contributed by atoms with E-state index in [0.717, 1.165) is 0 Å².